The second-order valence-corrected chi connectivity index (χ2v) is 4.38. The Kier molecular flexibility index (Phi) is 3.15. The van der Waals surface area contributed by atoms with Gasteiger partial charge in [0.15, 0.2) is 5.78 Å². The van der Waals surface area contributed by atoms with E-state index >= 15 is 0 Å². The highest BCUT2D eigenvalue weighted by molar-refractivity contribution is 6.10. The highest BCUT2D eigenvalue weighted by Gasteiger charge is 2.13. The maximum absolute atomic E-state index is 13.3. The van der Waals surface area contributed by atoms with E-state index in [9.17, 15) is 9.18 Å². The molecule has 0 bridgehead atoms. The van der Waals surface area contributed by atoms with E-state index in [0.29, 0.717) is 11.1 Å². The number of halogens is 1. The van der Waals surface area contributed by atoms with Gasteiger partial charge >= 0.3 is 0 Å². The second-order valence-electron chi connectivity index (χ2n) is 4.38. The summed E-state index contributed by atoms with van der Waals surface area (Å²) >= 11 is 0. The topological polar surface area (TPSA) is 43.1 Å². The van der Waals surface area contributed by atoms with Crippen LogP contribution in [0.1, 0.15) is 27.0 Å². The molecule has 0 amide bonds. The lowest BCUT2D eigenvalue weighted by molar-refractivity contribution is 0.103. The number of rotatable bonds is 2. The van der Waals surface area contributed by atoms with Crippen LogP contribution in [0.4, 0.5) is 10.1 Å². The van der Waals surface area contributed by atoms with Gasteiger partial charge < -0.3 is 5.73 Å². The number of nitrogens with two attached hydrogens (primary N) is 1. The van der Waals surface area contributed by atoms with Crippen molar-refractivity contribution < 1.29 is 9.18 Å². The second kappa shape index (κ2) is 4.61. The van der Waals surface area contributed by atoms with Crippen LogP contribution in [-0.2, 0) is 0 Å². The lowest BCUT2D eigenvalue weighted by Gasteiger charge is -2.07. The third kappa shape index (κ3) is 2.25. The predicted octanol–water partition coefficient (Wildman–Crippen LogP) is 3.26. The summed E-state index contributed by atoms with van der Waals surface area (Å²) in [6.07, 6.45) is 0. The molecule has 18 heavy (non-hydrogen) atoms. The molecule has 0 radical (unpaired) electrons. The first-order chi connectivity index (χ1) is 8.49. The van der Waals surface area contributed by atoms with Gasteiger partial charge in [-0.25, -0.2) is 4.39 Å². The molecule has 0 aromatic heterocycles. The Hall–Kier alpha value is -2.16. The molecule has 2 aromatic rings. The standard InChI is InChI=1S/C15H14FNO/c1-9-3-5-12(10(2)7-9)15(18)11-4-6-14(17)13(16)8-11/h3-8H,17H2,1-2H3. The predicted molar refractivity (Wildman–Crippen MR) is 70.2 cm³/mol. The number of nitrogen functional groups attached to an aromatic ring is 1. The summed E-state index contributed by atoms with van der Waals surface area (Å²) in [5.74, 6) is -0.753. The van der Waals surface area contributed by atoms with Crippen LogP contribution < -0.4 is 5.73 Å². The van der Waals surface area contributed by atoms with Gasteiger partial charge in [-0.1, -0.05) is 23.8 Å². The first kappa shape index (κ1) is 12.3. The lowest BCUT2D eigenvalue weighted by Crippen LogP contribution is -2.05. The smallest absolute Gasteiger partial charge is 0.193 e. The zero-order chi connectivity index (χ0) is 13.3. The monoisotopic (exact) mass is 243 g/mol. The number of hydrogen-bond donors (Lipinski definition) is 1. The highest BCUT2D eigenvalue weighted by atomic mass is 19.1. The summed E-state index contributed by atoms with van der Waals surface area (Å²) in [5, 5.41) is 0. The van der Waals surface area contributed by atoms with Crippen molar-refractivity contribution in [2.24, 2.45) is 0 Å². The van der Waals surface area contributed by atoms with Gasteiger partial charge in [0.1, 0.15) is 5.82 Å². The van der Waals surface area contributed by atoms with Gasteiger partial charge in [0.05, 0.1) is 5.69 Å². The molecule has 0 saturated carbocycles. The van der Waals surface area contributed by atoms with Gasteiger partial charge in [-0.3, -0.25) is 4.79 Å². The summed E-state index contributed by atoms with van der Waals surface area (Å²) in [5.41, 5.74) is 8.32. The zero-order valence-corrected chi connectivity index (χ0v) is 10.3. The number of hydrogen-bond acceptors (Lipinski definition) is 2. The molecule has 3 heteroatoms. The third-order valence-electron chi connectivity index (χ3n) is 2.89. The van der Waals surface area contributed by atoms with Gasteiger partial charge in [0, 0.05) is 11.1 Å². The molecule has 92 valence electrons. The van der Waals surface area contributed by atoms with E-state index in [1.165, 1.54) is 12.1 Å². The molecule has 2 aromatic carbocycles. The van der Waals surface area contributed by atoms with Gasteiger partial charge in [0.25, 0.3) is 0 Å². The SMILES string of the molecule is Cc1ccc(C(=O)c2ccc(N)c(F)c2)c(C)c1. The van der Waals surface area contributed by atoms with Crippen LogP contribution in [0.2, 0.25) is 0 Å². The molecule has 2 nitrogen and oxygen atoms in total. The van der Waals surface area contributed by atoms with Crippen LogP contribution in [-0.4, -0.2) is 5.78 Å². The Morgan fingerprint density at radius 1 is 1.11 bits per heavy atom. The number of anilines is 1. The first-order valence-corrected chi connectivity index (χ1v) is 5.66. The summed E-state index contributed by atoms with van der Waals surface area (Å²) in [6, 6.07) is 9.69. The van der Waals surface area contributed by atoms with Crippen LogP contribution in [0.15, 0.2) is 36.4 Å². The fourth-order valence-corrected chi connectivity index (χ4v) is 1.89. The lowest BCUT2D eigenvalue weighted by atomic mass is 9.97. The molecule has 2 rings (SSSR count). The normalized spacial score (nSPS) is 10.4. The van der Waals surface area contributed by atoms with Crippen molar-refractivity contribution in [1.82, 2.24) is 0 Å². The maximum Gasteiger partial charge on any atom is 0.193 e. The zero-order valence-electron chi connectivity index (χ0n) is 10.3. The summed E-state index contributed by atoms with van der Waals surface area (Å²) in [4.78, 5) is 12.2. The molecule has 0 aliphatic rings. The van der Waals surface area contributed by atoms with E-state index in [1.807, 2.05) is 26.0 Å². The summed E-state index contributed by atoms with van der Waals surface area (Å²) in [7, 11) is 0. The Morgan fingerprint density at radius 3 is 2.44 bits per heavy atom. The van der Waals surface area contributed by atoms with Crippen molar-refractivity contribution in [2.75, 3.05) is 5.73 Å². The highest BCUT2D eigenvalue weighted by Crippen LogP contribution is 2.18. The Bertz CT molecular complexity index is 620. The summed E-state index contributed by atoms with van der Waals surface area (Å²) in [6.45, 7) is 3.83. The molecular weight excluding hydrogens is 229 g/mol. The molecule has 0 fully saturated rings. The molecule has 0 aliphatic carbocycles. The quantitative estimate of drug-likeness (QED) is 0.650. The van der Waals surface area contributed by atoms with Crippen LogP contribution in [0.5, 0.6) is 0 Å². The van der Waals surface area contributed by atoms with Crippen molar-refractivity contribution >= 4 is 11.5 Å². The number of ketones is 1. The average Bonchev–Trinajstić information content (AvgIpc) is 2.32. The average molecular weight is 243 g/mol. The minimum atomic E-state index is -0.564. The Morgan fingerprint density at radius 2 is 1.83 bits per heavy atom. The van der Waals surface area contributed by atoms with Crippen molar-refractivity contribution in [3.63, 3.8) is 0 Å². The van der Waals surface area contributed by atoms with E-state index in [0.717, 1.165) is 11.1 Å². The first-order valence-electron chi connectivity index (χ1n) is 5.66. The molecular formula is C15H14FNO. The minimum absolute atomic E-state index is 0.0483. The fourth-order valence-electron chi connectivity index (χ4n) is 1.89. The minimum Gasteiger partial charge on any atom is -0.396 e. The largest absolute Gasteiger partial charge is 0.396 e. The van der Waals surface area contributed by atoms with Crippen LogP contribution in [0.25, 0.3) is 0 Å². The number of aryl methyl sites for hydroxylation is 2. The number of benzene rings is 2. The third-order valence-corrected chi connectivity index (χ3v) is 2.89. The van der Waals surface area contributed by atoms with Gasteiger partial charge in [-0.05, 0) is 37.6 Å². The van der Waals surface area contributed by atoms with E-state index < -0.39 is 5.82 Å². The molecule has 0 atom stereocenters. The molecule has 0 heterocycles. The van der Waals surface area contributed by atoms with Gasteiger partial charge in [0.2, 0.25) is 0 Å². The van der Waals surface area contributed by atoms with E-state index in [2.05, 4.69) is 0 Å². The molecule has 0 aliphatic heterocycles. The van der Waals surface area contributed by atoms with Crippen LogP contribution in [0.3, 0.4) is 0 Å². The molecule has 0 spiro atoms. The Labute approximate surface area is 105 Å². The van der Waals surface area contributed by atoms with E-state index in [-0.39, 0.29) is 11.5 Å². The van der Waals surface area contributed by atoms with E-state index in [4.69, 9.17) is 5.73 Å². The molecule has 2 N–H and O–H groups in total. The molecule has 0 unspecified atom stereocenters. The number of carbonyl (C=O) groups is 1. The fraction of sp³-hybridized carbons (Fsp3) is 0.133. The number of carbonyl (C=O) groups excluding carboxylic acids is 1. The summed E-state index contributed by atoms with van der Waals surface area (Å²) < 4.78 is 13.3. The van der Waals surface area contributed by atoms with E-state index in [1.54, 1.807) is 12.1 Å². The van der Waals surface area contributed by atoms with Crippen LogP contribution >= 0.6 is 0 Å². The van der Waals surface area contributed by atoms with Crippen LogP contribution in [0, 0.1) is 19.7 Å². The maximum atomic E-state index is 13.3. The van der Waals surface area contributed by atoms with Gasteiger partial charge in [-0.15, -0.1) is 0 Å². The van der Waals surface area contributed by atoms with Crippen molar-refractivity contribution in [2.45, 2.75) is 13.8 Å². The van der Waals surface area contributed by atoms with Gasteiger partial charge in [-0.2, -0.15) is 0 Å². The van der Waals surface area contributed by atoms with Crippen molar-refractivity contribution in [3.8, 4) is 0 Å². The van der Waals surface area contributed by atoms with Crippen molar-refractivity contribution in [3.05, 3.63) is 64.5 Å². The Balaban J connectivity index is 2.44. The molecule has 0 saturated heterocycles. The van der Waals surface area contributed by atoms with Crippen molar-refractivity contribution in [1.29, 1.82) is 0 Å².